The molecule has 1 aliphatic rings. The summed E-state index contributed by atoms with van der Waals surface area (Å²) in [7, 11) is 0. The Bertz CT molecular complexity index is 741. The maximum absolute atomic E-state index is 13.3. The van der Waals surface area contributed by atoms with E-state index in [0.717, 1.165) is 56.8 Å². The summed E-state index contributed by atoms with van der Waals surface area (Å²) in [4.78, 5) is 7.85. The second-order valence-electron chi connectivity index (χ2n) is 6.86. The van der Waals surface area contributed by atoms with Crippen molar-refractivity contribution in [1.29, 1.82) is 0 Å². The molecule has 3 rings (SSSR count). The molecule has 1 saturated carbocycles. The monoisotopic (exact) mass is 379 g/mol. The molecule has 1 aromatic carbocycles. The Morgan fingerprint density at radius 2 is 1.81 bits per heavy atom. The molecule has 146 valence electrons. The molecule has 0 unspecified atom stereocenters. The van der Waals surface area contributed by atoms with E-state index in [9.17, 15) is 13.2 Å². The summed E-state index contributed by atoms with van der Waals surface area (Å²) in [5, 5.41) is 2.96. The Labute approximate surface area is 157 Å². The van der Waals surface area contributed by atoms with Gasteiger partial charge in [-0.1, -0.05) is 31.9 Å². The number of aryl methyl sites for hydroxylation is 1. The van der Waals surface area contributed by atoms with Crippen LogP contribution in [0.3, 0.4) is 0 Å². The molecular weight excluding hydrogens is 355 g/mol. The lowest BCUT2D eigenvalue weighted by molar-refractivity contribution is -0.140. The molecule has 0 bridgehead atoms. The summed E-state index contributed by atoms with van der Waals surface area (Å²) in [6.07, 6.45) is 2.58. The summed E-state index contributed by atoms with van der Waals surface area (Å²) < 4.78 is 45.5. The van der Waals surface area contributed by atoms with Crippen molar-refractivity contribution >= 4 is 11.6 Å². The van der Waals surface area contributed by atoms with Crippen molar-refractivity contribution in [3.8, 4) is 5.88 Å². The highest BCUT2D eigenvalue weighted by molar-refractivity contribution is 5.54. The van der Waals surface area contributed by atoms with Gasteiger partial charge in [0, 0.05) is 11.9 Å². The van der Waals surface area contributed by atoms with Crippen molar-refractivity contribution in [2.24, 2.45) is 0 Å². The van der Waals surface area contributed by atoms with Crippen LogP contribution in [-0.4, -0.2) is 16.1 Å². The molecular formula is C20H24F3N3O. The van der Waals surface area contributed by atoms with Crippen molar-refractivity contribution in [2.45, 2.75) is 64.1 Å². The SMILES string of the molecule is CCCc1ccc(Nc2ncc(C(F)(F)F)c(OC3CCCCC3)n2)cc1. The molecule has 1 fully saturated rings. The van der Waals surface area contributed by atoms with E-state index >= 15 is 0 Å². The van der Waals surface area contributed by atoms with Crippen LogP contribution in [-0.2, 0) is 12.6 Å². The van der Waals surface area contributed by atoms with Crippen LogP contribution in [0.5, 0.6) is 5.88 Å². The van der Waals surface area contributed by atoms with E-state index in [1.807, 2.05) is 24.3 Å². The largest absolute Gasteiger partial charge is 0.474 e. The van der Waals surface area contributed by atoms with Crippen molar-refractivity contribution in [3.05, 3.63) is 41.6 Å². The van der Waals surface area contributed by atoms with E-state index in [0.29, 0.717) is 0 Å². The number of alkyl halides is 3. The number of aromatic nitrogens is 2. The van der Waals surface area contributed by atoms with Gasteiger partial charge in [0.25, 0.3) is 0 Å². The molecule has 0 saturated heterocycles. The Hall–Kier alpha value is -2.31. The molecule has 4 nitrogen and oxygen atoms in total. The number of anilines is 2. The Morgan fingerprint density at radius 1 is 1.11 bits per heavy atom. The van der Waals surface area contributed by atoms with Crippen LogP contribution < -0.4 is 10.1 Å². The van der Waals surface area contributed by atoms with Crippen LogP contribution in [0.25, 0.3) is 0 Å². The second kappa shape index (κ2) is 8.59. The normalized spacial score (nSPS) is 15.6. The van der Waals surface area contributed by atoms with E-state index in [-0.39, 0.29) is 12.1 Å². The maximum atomic E-state index is 13.3. The smallest absolute Gasteiger partial charge is 0.423 e. The average Bonchev–Trinajstić information content (AvgIpc) is 2.64. The maximum Gasteiger partial charge on any atom is 0.423 e. The minimum Gasteiger partial charge on any atom is -0.474 e. The van der Waals surface area contributed by atoms with Crippen LogP contribution in [0.4, 0.5) is 24.8 Å². The third kappa shape index (κ3) is 5.34. The standard InChI is InChI=1S/C20H24F3N3O/c1-2-6-14-9-11-15(12-10-14)25-19-24-13-17(20(21,22)23)18(26-19)27-16-7-4-3-5-8-16/h9-13,16H,2-8H2,1H3,(H,24,25,26). The van der Waals surface area contributed by atoms with Crippen molar-refractivity contribution in [1.82, 2.24) is 9.97 Å². The van der Waals surface area contributed by atoms with E-state index in [1.165, 1.54) is 5.56 Å². The highest BCUT2D eigenvalue weighted by Gasteiger charge is 2.37. The van der Waals surface area contributed by atoms with Gasteiger partial charge in [-0.2, -0.15) is 18.2 Å². The van der Waals surface area contributed by atoms with Crippen LogP contribution in [0.15, 0.2) is 30.5 Å². The van der Waals surface area contributed by atoms with Crippen molar-refractivity contribution in [3.63, 3.8) is 0 Å². The molecule has 0 spiro atoms. The first-order valence-corrected chi connectivity index (χ1v) is 9.42. The molecule has 0 amide bonds. The van der Waals surface area contributed by atoms with Gasteiger partial charge in [-0.3, -0.25) is 0 Å². The number of ether oxygens (including phenoxy) is 1. The fourth-order valence-corrected chi connectivity index (χ4v) is 3.22. The van der Waals surface area contributed by atoms with Crippen molar-refractivity contribution in [2.75, 3.05) is 5.32 Å². The Balaban J connectivity index is 1.80. The molecule has 1 heterocycles. The van der Waals surface area contributed by atoms with E-state index in [1.54, 1.807) is 0 Å². The molecule has 0 atom stereocenters. The van der Waals surface area contributed by atoms with E-state index in [4.69, 9.17) is 4.74 Å². The number of benzene rings is 1. The first-order valence-electron chi connectivity index (χ1n) is 9.42. The molecule has 1 N–H and O–H groups in total. The van der Waals surface area contributed by atoms with Crippen LogP contribution in [0.2, 0.25) is 0 Å². The van der Waals surface area contributed by atoms with Gasteiger partial charge in [-0.05, 0) is 49.8 Å². The summed E-state index contributed by atoms with van der Waals surface area (Å²) in [6, 6.07) is 7.70. The van der Waals surface area contributed by atoms with Gasteiger partial charge < -0.3 is 10.1 Å². The highest BCUT2D eigenvalue weighted by atomic mass is 19.4. The molecule has 7 heteroatoms. The molecule has 1 aliphatic carbocycles. The van der Waals surface area contributed by atoms with Crippen LogP contribution in [0, 0.1) is 0 Å². The summed E-state index contributed by atoms with van der Waals surface area (Å²) in [5.41, 5.74) is 0.993. The number of hydrogen-bond donors (Lipinski definition) is 1. The third-order valence-electron chi connectivity index (χ3n) is 4.64. The Morgan fingerprint density at radius 3 is 2.44 bits per heavy atom. The topological polar surface area (TPSA) is 47.0 Å². The third-order valence-corrected chi connectivity index (χ3v) is 4.64. The molecule has 0 aliphatic heterocycles. The predicted octanol–water partition coefficient (Wildman–Crippen LogP) is 5.90. The van der Waals surface area contributed by atoms with Gasteiger partial charge in [0.2, 0.25) is 11.8 Å². The summed E-state index contributed by atoms with van der Waals surface area (Å²) >= 11 is 0. The predicted molar refractivity (Wildman–Crippen MR) is 98.3 cm³/mol. The van der Waals surface area contributed by atoms with Gasteiger partial charge in [-0.25, -0.2) is 4.98 Å². The summed E-state index contributed by atoms with van der Waals surface area (Å²) in [5.74, 6) is -0.299. The fourth-order valence-electron chi connectivity index (χ4n) is 3.22. The van der Waals surface area contributed by atoms with E-state index < -0.39 is 17.6 Å². The second-order valence-corrected chi connectivity index (χ2v) is 6.86. The number of hydrogen-bond acceptors (Lipinski definition) is 4. The lowest BCUT2D eigenvalue weighted by Gasteiger charge is -2.24. The lowest BCUT2D eigenvalue weighted by Crippen LogP contribution is -2.22. The first-order chi connectivity index (χ1) is 13.0. The zero-order chi connectivity index (χ0) is 19.3. The zero-order valence-electron chi connectivity index (χ0n) is 15.4. The minimum absolute atomic E-state index is 0.0945. The number of nitrogens with one attached hydrogen (secondary N) is 1. The highest BCUT2D eigenvalue weighted by Crippen LogP contribution is 2.36. The minimum atomic E-state index is -4.55. The number of nitrogens with zero attached hydrogens (tertiary/aromatic N) is 2. The van der Waals surface area contributed by atoms with Crippen LogP contribution in [0.1, 0.15) is 56.6 Å². The van der Waals surface area contributed by atoms with Gasteiger partial charge >= 0.3 is 6.18 Å². The average molecular weight is 379 g/mol. The zero-order valence-corrected chi connectivity index (χ0v) is 15.4. The summed E-state index contributed by atoms with van der Waals surface area (Å²) in [6.45, 7) is 2.11. The van der Waals surface area contributed by atoms with Crippen LogP contribution >= 0.6 is 0 Å². The fraction of sp³-hybridized carbons (Fsp3) is 0.500. The van der Waals surface area contributed by atoms with E-state index in [2.05, 4.69) is 22.2 Å². The van der Waals surface area contributed by atoms with Gasteiger partial charge in [0.05, 0.1) is 0 Å². The quantitative estimate of drug-likeness (QED) is 0.678. The number of rotatable bonds is 6. The molecule has 27 heavy (non-hydrogen) atoms. The Kier molecular flexibility index (Phi) is 6.19. The van der Waals surface area contributed by atoms with Gasteiger partial charge in [-0.15, -0.1) is 0 Å². The van der Waals surface area contributed by atoms with Crippen molar-refractivity contribution < 1.29 is 17.9 Å². The molecule has 2 aromatic rings. The van der Waals surface area contributed by atoms with Gasteiger partial charge in [0.1, 0.15) is 11.7 Å². The lowest BCUT2D eigenvalue weighted by atomic mass is 9.98. The molecule has 0 radical (unpaired) electrons. The van der Waals surface area contributed by atoms with Gasteiger partial charge in [0.15, 0.2) is 0 Å². The first kappa shape index (κ1) is 19.5. The molecule has 1 aromatic heterocycles. The number of halogens is 3.